The molecule has 1 aliphatic rings. The summed E-state index contributed by atoms with van der Waals surface area (Å²) in [5, 5.41) is 3.16. The highest BCUT2D eigenvalue weighted by Gasteiger charge is 2.51. The zero-order valence-corrected chi connectivity index (χ0v) is 13.6. The summed E-state index contributed by atoms with van der Waals surface area (Å²) in [6.45, 7) is 2.03. The third-order valence-corrected chi connectivity index (χ3v) is 4.76. The Morgan fingerprint density at radius 2 is 1.71 bits per heavy atom. The molecule has 1 N–H and O–H groups in total. The summed E-state index contributed by atoms with van der Waals surface area (Å²) < 4.78 is 1.05. The molecule has 0 radical (unpaired) electrons. The topological polar surface area (TPSA) is 29.1 Å². The van der Waals surface area contributed by atoms with Gasteiger partial charge in [-0.15, -0.1) is 0 Å². The van der Waals surface area contributed by atoms with Crippen LogP contribution < -0.4 is 5.32 Å². The second-order valence-corrected chi connectivity index (χ2v) is 6.61. The summed E-state index contributed by atoms with van der Waals surface area (Å²) in [4.78, 5) is 12.7. The van der Waals surface area contributed by atoms with E-state index < -0.39 is 0 Å². The highest BCUT2D eigenvalue weighted by Crippen LogP contribution is 2.48. The van der Waals surface area contributed by atoms with E-state index >= 15 is 0 Å². The van der Waals surface area contributed by atoms with Crippen LogP contribution in [0.4, 0.5) is 0 Å². The summed E-state index contributed by atoms with van der Waals surface area (Å²) >= 11 is 3.43. The molecular formula is C18H18BrNO. The van der Waals surface area contributed by atoms with Gasteiger partial charge >= 0.3 is 0 Å². The minimum absolute atomic E-state index is 0.0202. The highest BCUT2D eigenvalue weighted by molar-refractivity contribution is 9.10. The van der Waals surface area contributed by atoms with Gasteiger partial charge in [0.25, 0.3) is 0 Å². The molecule has 2 aromatic carbocycles. The van der Waals surface area contributed by atoms with E-state index in [-0.39, 0.29) is 17.4 Å². The second kappa shape index (κ2) is 5.64. The van der Waals surface area contributed by atoms with E-state index in [0.717, 1.165) is 28.4 Å². The Bertz CT molecular complexity index is 632. The maximum absolute atomic E-state index is 12.7. The fourth-order valence-electron chi connectivity index (χ4n) is 2.70. The van der Waals surface area contributed by atoms with E-state index in [2.05, 4.69) is 33.4 Å². The average Bonchev–Trinajstić information content (AvgIpc) is 3.30. The third kappa shape index (κ3) is 2.88. The molecule has 1 amide bonds. The Morgan fingerprint density at radius 3 is 2.29 bits per heavy atom. The van der Waals surface area contributed by atoms with Crippen LogP contribution in [0, 0.1) is 0 Å². The fourth-order valence-corrected chi connectivity index (χ4v) is 2.96. The van der Waals surface area contributed by atoms with Crippen LogP contribution in [0.25, 0.3) is 0 Å². The largest absolute Gasteiger partial charge is 0.349 e. The molecule has 1 atom stereocenters. The summed E-state index contributed by atoms with van der Waals surface area (Å²) in [6, 6.07) is 18.2. The first kappa shape index (κ1) is 14.3. The van der Waals surface area contributed by atoms with E-state index in [9.17, 15) is 4.79 Å². The number of benzene rings is 2. The number of hydrogen-bond acceptors (Lipinski definition) is 1. The minimum Gasteiger partial charge on any atom is -0.349 e. The molecule has 0 bridgehead atoms. The smallest absolute Gasteiger partial charge is 0.231 e. The SMILES string of the molecule is CC(NC(=O)C1(c2ccccc2)CC1)c1ccc(Br)cc1. The molecule has 0 aromatic heterocycles. The first-order valence-electron chi connectivity index (χ1n) is 7.24. The molecule has 108 valence electrons. The summed E-state index contributed by atoms with van der Waals surface area (Å²) in [6.07, 6.45) is 1.88. The van der Waals surface area contributed by atoms with Crippen molar-refractivity contribution in [1.82, 2.24) is 5.32 Å². The Balaban J connectivity index is 1.73. The maximum atomic E-state index is 12.7. The molecule has 0 aliphatic heterocycles. The van der Waals surface area contributed by atoms with Gasteiger partial charge in [0, 0.05) is 4.47 Å². The van der Waals surface area contributed by atoms with Crippen molar-refractivity contribution in [1.29, 1.82) is 0 Å². The highest BCUT2D eigenvalue weighted by atomic mass is 79.9. The first-order valence-corrected chi connectivity index (χ1v) is 8.03. The normalized spacial score (nSPS) is 17.0. The van der Waals surface area contributed by atoms with Crippen LogP contribution in [0.1, 0.15) is 36.9 Å². The molecule has 3 rings (SSSR count). The number of hydrogen-bond donors (Lipinski definition) is 1. The molecule has 1 unspecified atom stereocenters. The van der Waals surface area contributed by atoms with Crippen LogP contribution in [0.2, 0.25) is 0 Å². The van der Waals surface area contributed by atoms with Gasteiger partial charge in [0.2, 0.25) is 5.91 Å². The molecule has 1 fully saturated rings. The average molecular weight is 344 g/mol. The van der Waals surface area contributed by atoms with Crippen LogP contribution >= 0.6 is 15.9 Å². The van der Waals surface area contributed by atoms with E-state index in [1.54, 1.807) is 0 Å². The van der Waals surface area contributed by atoms with Crippen molar-refractivity contribution < 1.29 is 4.79 Å². The van der Waals surface area contributed by atoms with E-state index in [1.165, 1.54) is 0 Å². The molecule has 3 heteroatoms. The first-order chi connectivity index (χ1) is 10.1. The zero-order valence-electron chi connectivity index (χ0n) is 12.0. The zero-order chi connectivity index (χ0) is 14.9. The van der Waals surface area contributed by atoms with Crippen molar-refractivity contribution in [3.8, 4) is 0 Å². The predicted molar refractivity (Wildman–Crippen MR) is 88.1 cm³/mol. The van der Waals surface area contributed by atoms with E-state index in [0.29, 0.717) is 0 Å². The lowest BCUT2D eigenvalue weighted by atomic mass is 9.94. The molecule has 1 aliphatic carbocycles. The Morgan fingerprint density at radius 1 is 1.10 bits per heavy atom. The van der Waals surface area contributed by atoms with E-state index in [1.807, 2.05) is 49.4 Å². The van der Waals surface area contributed by atoms with Gasteiger partial charge in [0.15, 0.2) is 0 Å². The van der Waals surface area contributed by atoms with Crippen molar-refractivity contribution in [3.63, 3.8) is 0 Å². The van der Waals surface area contributed by atoms with Crippen LogP contribution in [0.15, 0.2) is 59.1 Å². The van der Waals surface area contributed by atoms with Gasteiger partial charge in [-0.3, -0.25) is 4.79 Å². The van der Waals surface area contributed by atoms with E-state index in [4.69, 9.17) is 0 Å². The van der Waals surface area contributed by atoms with Crippen molar-refractivity contribution in [2.45, 2.75) is 31.2 Å². The molecule has 2 nitrogen and oxygen atoms in total. The molecule has 1 saturated carbocycles. The lowest BCUT2D eigenvalue weighted by molar-refractivity contribution is -0.124. The fraction of sp³-hybridized carbons (Fsp3) is 0.278. The maximum Gasteiger partial charge on any atom is 0.231 e. The van der Waals surface area contributed by atoms with Gasteiger partial charge in [0.1, 0.15) is 0 Å². The number of nitrogens with one attached hydrogen (secondary N) is 1. The summed E-state index contributed by atoms with van der Waals surface area (Å²) in [5.74, 6) is 0.143. The van der Waals surface area contributed by atoms with Gasteiger partial charge in [-0.1, -0.05) is 58.4 Å². The van der Waals surface area contributed by atoms with Crippen LogP contribution in [0.5, 0.6) is 0 Å². The van der Waals surface area contributed by atoms with Crippen molar-refractivity contribution in [2.75, 3.05) is 0 Å². The van der Waals surface area contributed by atoms with Gasteiger partial charge in [0.05, 0.1) is 11.5 Å². The Labute approximate surface area is 133 Å². The standard InChI is InChI=1S/C18H18BrNO/c1-13(14-7-9-16(19)10-8-14)20-17(21)18(11-12-18)15-5-3-2-4-6-15/h2-10,13H,11-12H2,1H3,(H,20,21). The molecule has 2 aromatic rings. The van der Waals surface area contributed by atoms with Crippen molar-refractivity contribution >= 4 is 21.8 Å². The number of rotatable bonds is 4. The van der Waals surface area contributed by atoms with Gasteiger partial charge in [-0.25, -0.2) is 0 Å². The van der Waals surface area contributed by atoms with Gasteiger partial charge in [-0.2, -0.15) is 0 Å². The minimum atomic E-state index is -0.301. The number of halogens is 1. The van der Waals surface area contributed by atoms with Crippen LogP contribution in [0.3, 0.4) is 0 Å². The van der Waals surface area contributed by atoms with Crippen molar-refractivity contribution in [2.24, 2.45) is 0 Å². The van der Waals surface area contributed by atoms with Crippen molar-refractivity contribution in [3.05, 3.63) is 70.2 Å². The number of carbonyl (C=O) groups excluding carboxylic acids is 1. The monoisotopic (exact) mass is 343 g/mol. The van der Waals surface area contributed by atoms with Gasteiger partial charge in [-0.05, 0) is 43.0 Å². The Hall–Kier alpha value is -1.61. The summed E-state index contributed by atoms with van der Waals surface area (Å²) in [5.41, 5.74) is 1.95. The molecule has 0 saturated heterocycles. The Kier molecular flexibility index (Phi) is 3.85. The van der Waals surface area contributed by atoms with Crippen LogP contribution in [-0.4, -0.2) is 5.91 Å². The molecule has 0 spiro atoms. The predicted octanol–water partition coefficient (Wildman–Crippen LogP) is 4.36. The quantitative estimate of drug-likeness (QED) is 0.877. The lowest BCUT2D eigenvalue weighted by Crippen LogP contribution is -2.36. The number of carbonyl (C=O) groups is 1. The third-order valence-electron chi connectivity index (χ3n) is 4.23. The second-order valence-electron chi connectivity index (χ2n) is 5.69. The van der Waals surface area contributed by atoms with Gasteiger partial charge < -0.3 is 5.32 Å². The molecule has 0 heterocycles. The summed E-state index contributed by atoms with van der Waals surface area (Å²) in [7, 11) is 0. The lowest BCUT2D eigenvalue weighted by Gasteiger charge is -2.20. The number of amides is 1. The molecular weight excluding hydrogens is 326 g/mol. The van der Waals surface area contributed by atoms with Crippen LogP contribution in [-0.2, 0) is 10.2 Å². The molecule has 21 heavy (non-hydrogen) atoms.